The molecule has 0 saturated heterocycles. The second kappa shape index (κ2) is 13.2. The highest BCUT2D eigenvalue weighted by Gasteiger charge is 2.24. The largest absolute Gasteiger partial charge is 0.496 e. The van der Waals surface area contributed by atoms with Crippen molar-refractivity contribution in [2.75, 3.05) is 26.1 Å². The molecule has 2 N–H and O–H groups in total. The summed E-state index contributed by atoms with van der Waals surface area (Å²) in [5.41, 5.74) is 3.00. The minimum absolute atomic E-state index is 0.00684. The van der Waals surface area contributed by atoms with Crippen LogP contribution >= 0.6 is 0 Å². The van der Waals surface area contributed by atoms with Gasteiger partial charge in [0.05, 0.1) is 13.7 Å². The van der Waals surface area contributed by atoms with Gasteiger partial charge in [0.15, 0.2) is 0 Å². The van der Waals surface area contributed by atoms with E-state index in [-0.39, 0.29) is 23.1 Å². The summed E-state index contributed by atoms with van der Waals surface area (Å²) in [4.78, 5) is 25.6. The van der Waals surface area contributed by atoms with Gasteiger partial charge in [0, 0.05) is 30.8 Å². The molecule has 1 unspecified atom stereocenters. The van der Waals surface area contributed by atoms with E-state index >= 15 is 0 Å². The second-order valence-electron chi connectivity index (χ2n) is 9.87. The first-order valence-electron chi connectivity index (χ1n) is 12.6. The number of nitrogens with one attached hydrogen (secondary N) is 2. The molecule has 1 atom stereocenters. The molecule has 2 amide bonds. The number of carbonyl (C=O) groups is 2. The molecular weight excluding hydrogens is 440 g/mol. The van der Waals surface area contributed by atoms with Crippen LogP contribution in [-0.4, -0.2) is 32.6 Å². The van der Waals surface area contributed by atoms with E-state index in [1.165, 1.54) is 0 Å². The van der Waals surface area contributed by atoms with E-state index in [9.17, 15) is 9.59 Å². The molecule has 0 fully saturated rings. The molecule has 2 rings (SSSR count). The summed E-state index contributed by atoms with van der Waals surface area (Å²) in [6.45, 7) is 11.0. The average Bonchev–Trinajstić information content (AvgIpc) is 2.82. The van der Waals surface area contributed by atoms with Crippen LogP contribution in [0.15, 0.2) is 36.4 Å². The highest BCUT2D eigenvalue weighted by Crippen LogP contribution is 2.36. The van der Waals surface area contributed by atoms with Gasteiger partial charge < -0.3 is 20.1 Å². The number of anilines is 1. The Hall–Kier alpha value is -3.02. The first-order valence-corrected chi connectivity index (χ1v) is 12.6. The SMILES string of the molecule is CCCCCC(CC(=O)Nc1cc(C(=O)NC)ccc1C(C)(C)C)c1ccc(OCC)cc1OC. The van der Waals surface area contributed by atoms with Gasteiger partial charge in [-0.2, -0.15) is 0 Å². The standard InChI is InChI=1S/C29H42N2O4/c1-8-10-11-12-20(23-15-14-22(35-9-2)19-26(23)34-7)18-27(32)31-25-17-21(28(33)30-6)13-16-24(25)29(3,4)5/h13-17,19-20H,8-12,18H2,1-7H3,(H,30,33)(H,31,32). The minimum Gasteiger partial charge on any atom is -0.496 e. The summed E-state index contributed by atoms with van der Waals surface area (Å²) >= 11 is 0. The Morgan fingerprint density at radius 2 is 1.77 bits per heavy atom. The zero-order chi connectivity index (χ0) is 26.0. The first-order chi connectivity index (χ1) is 16.6. The third-order valence-corrected chi connectivity index (χ3v) is 6.13. The molecule has 0 aliphatic heterocycles. The lowest BCUT2D eigenvalue weighted by Crippen LogP contribution is -2.22. The van der Waals surface area contributed by atoms with Gasteiger partial charge in [-0.3, -0.25) is 9.59 Å². The van der Waals surface area contributed by atoms with Gasteiger partial charge in [-0.25, -0.2) is 0 Å². The summed E-state index contributed by atoms with van der Waals surface area (Å²) in [6, 6.07) is 11.3. The third kappa shape index (κ3) is 8.01. The van der Waals surface area contributed by atoms with Crippen molar-refractivity contribution in [3.8, 4) is 11.5 Å². The Labute approximate surface area is 210 Å². The highest BCUT2D eigenvalue weighted by atomic mass is 16.5. The molecule has 0 bridgehead atoms. The van der Waals surface area contributed by atoms with Gasteiger partial charge in [-0.1, -0.05) is 59.1 Å². The van der Waals surface area contributed by atoms with Crippen LogP contribution in [0.3, 0.4) is 0 Å². The van der Waals surface area contributed by atoms with Crippen molar-refractivity contribution in [1.82, 2.24) is 5.32 Å². The van der Waals surface area contributed by atoms with E-state index in [2.05, 4.69) is 38.3 Å². The van der Waals surface area contributed by atoms with Crippen molar-refractivity contribution in [3.05, 3.63) is 53.1 Å². The molecule has 6 nitrogen and oxygen atoms in total. The number of hydrogen-bond donors (Lipinski definition) is 2. The fourth-order valence-corrected chi connectivity index (χ4v) is 4.31. The zero-order valence-corrected chi connectivity index (χ0v) is 22.4. The van der Waals surface area contributed by atoms with Crippen LogP contribution in [0, 0.1) is 0 Å². The van der Waals surface area contributed by atoms with Crippen LogP contribution < -0.4 is 20.1 Å². The van der Waals surface area contributed by atoms with E-state index in [4.69, 9.17) is 9.47 Å². The van der Waals surface area contributed by atoms with Crippen LogP contribution in [0.2, 0.25) is 0 Å². The molecule has 0 aliphatic rings. The lowest BCUT2D eigenvalue weighted by molar-refractivity contribution is -0.116. The van der Waals surface area contributed by atoms with Gasteiger partial charge in [0.1, 0.15) is 11.5 Å². The van der Waals surface area contributed by atoms with E-state index in [0.29, 0.717) is 24.3 Å². The van der Waals surface area contributed by atoms with Crippen LogP contribution in [0.25, 0.3) is 0 Å². The Morgan fingerprint density at radius 3 is 2.37 bits per heavy atom. The number of amides is 2. The normalized spacial score (nSPS) is 12.1. The maximum absolute atomic E-state index is 13.4. The third-order valence-electron chi connectivity index (χ3n) is 6.13. The molecule has 6 heteroatoms. The Morgan fingerprint density at radius 1 is 1.03 bits per heavy atom. The summed E-state index contributed by atoms with van der Waals surface area (Å²) in [5.74, 6) is 1.24. The number of benzene rings is 2. The Balaban J connectivity index is 2.35. The average molecular weight is 483 g/mol. The first kappa shape index (κ1) is 28.2. The molecule has 192 valence electrons. The van der Waals surface area contributed by atoms with Gasteiger partial charge in [-0.05, 0) is 54.0 Å². The van der Waals surface area contributed by atoms with Gasteiger partial charge in [0.25, 0.3) is 5.91 Å². The number of unbranched alkanes of at least 4 members (excludes halogenated alkanes) is 2. The number of rotatable bonds is 12. The summed E-state index contributed by atoms with van der Waals surface area (Å²) in [5, 5.41) is 5.76. The lowest BCUT2D eigenvalue weighted by Gasteiger charge is -2.25. The van der Waals surface area contributed by atoms with Crippen LogP contribution in [-0.2, 0) is 10.2 Å². The van der Waals surface area contributed by atoms with E-state index in [1.807, 2.05) is 31.2 Å². The van der Waals surface area contributed by atoms with Gasteiger partial charge >= 0.3 is 0 Å². The molecule has 0 saturated carbocycles. The van der Waals surface area contributed by atoms with Gasteiger partial charge in [0.2, 0.25) is 5.91 Å². The van der Waals surface area contributed by atoms with Crippen LogP contribution in [0.5, 0.6) is 11.5 Å². The van der Waals surface area contributed by atoms with Crippen molar-refractivity contribution < 1.29 is 19.1 Å². The molecule has 35 heavy (non-hydrogen) atoms. The van der Waals surface area contributed by atoms with Gasteiger partial charge in [-0.15, -0.1) is 0 Å². The molecular formula is C29H42N2O4. The van der Waals surface area contributed by atoms with Crippen molar-refractivity contribution in [2.45, 2.75) is 78.1 Å². The molecule has 2 aromatic carbocycles. The number of ether oxygens (including phenoxy) is 2. The number of hydrogen-bond acceptors (Lipinski definition) is 4. The van der Waals surface area contributed by atoms with Crippen molar-refractivity contribution in [3.63, 3.8) is 0 Å². The molecule has 0 aromatic heterocycles. The predicted molar refractivity (Wildman–Crippen MR) is 143 cm³/mol. The minimum atomic E-state index is -0.192. The summed E-state index contributed by atoms with van der Waals surface area (Å²) in [7, 11) is 3.25. The fraction of sp³-hybridized carbons (Fsp3) is 0.517. The van der Waals surface area contributed by atoms with Crippen molar-refractivity contribution in [2.24, 2.45) is 0 Å². The molecule has 0 aliphatic carbocycles. The Kier molecular flexibility index (Phi) is 10.6. The lowest BCUT2D eigenvalue weighted by atomic mass is 9.84. The number of methoxy groups -OCH3 is 1. The molecule has 0 heterocycles. The topological polar surface area (TPSA) is 76.7 Å². The van der Waals surface area contributed by atoms with Crippen molar-refractivity contribution in [1.29, 1.82) is 0 Å². The molecule has 0 spiro atoms. The monoisotopic (exact) mass is 482 g/mol. The Bertz CT molecular complexity index is 995. The number of carbonyl (C=O) groups excluding carboxylic acids is 2. The van der Waals surface area contributed by atoms with E-state index in [1.54, 1.807) is 26.3 Å². The van der Waals surface area contributed by atoms with E-state index in [0.717, 1.165) is 48.3 Å². The van der Waals surface area contributed by atoms with E-state index < -0.39 is 0 Å². The summed E-state index contributed by atoms with van der Waals surface area (Å²) in [6.07, 6.45) is 4.46. The smallest absolute Gasteiger partial charge is 0.251 e. The summed E-state index contributed by atoms with van der Waals surface area (Å²) < 4.78 is 11.3. The molecule has 2 aromatic rings. The van der Waals surface area contributed by atoms with Crippen LogP contribution in [0.4, 0.5) is 5.69 Å². The molecule has 0 radical (unpaired) electrons. The zero-order valence-electron chi connectivity index (χ0n) is 22.4. The quantitative estimate of drug-likeness (QED) is 0.341. The van der Waals surface area contributed by atoms with Crippen molar-refractivity contribution >= 4 is 17.5 Å². The van der Waals surface area contributed by atoms with Crippen LogP contribution in [0.1, 0.15) is 94.1 Å². The second-order valence-corrected chi connectivity index (χ2v) is 9.87. The predicted octanol–water partition coefficient (Wildman–Crippen LogP) is 6.44. The maximum Gasteiger partial charge on any atom is 0.251 e. The fourth-order valence-electron chi connectivity index (χ4n) is 4.31. The maximum atomic E-state index is 13.4. The highest BCUT2D eigenvalue weighted by molar-refractivity contribution is 5.98.